The zero-order chi connectivity index (χ0) is 90.0. The number of rotatable bonds is 4. The molecule has 0 amide bonds. The third-order valence-electron chi connectivity index (χ3n) is 32.0. The largest absolute Gasteiger partial charge is 0.456 e. The van der Waals surface area contributed by atoms with E-state index in [4.69, 9.17) is 13.3 Å². The molecule has 0 bridgehead atoms. The highest BCUT2D eigenvalue weighted by Gasteiger charge is 2.44. The third-order valence-corrected chi connectivity index (χ3v) is 37.6. The van der Waals surface area contributed by atoms with E-state index in [1.54, 1.807) is 0 Å². The van der Waals surface area contributed by atoms with Gasteiger partial charge in [-0.1, -0.05) is 258 Å². The zero-order valence-electron chi connectivity index (χ0n) is 74.9. The fraction of sp³-hybridized carbons (Fsp3) is 0.0462. The van der Waals surface area contributed by atoms with Crippen LogP contribution >= 0.6 is 56.7 Å². The molecular formula is C130H72O3S5. The maximum absolute atomic E-state index is 6.45. The maximum Gasteiger partial charge on any atom is 0.136 e. The van der Waals surface area contributed by atoms with Crippen molar-refractivity contribution >= 4 is 266 Å². The van der Waals surface area contributed by atoms with Crippen LogP contribution in [0.15, 0.2) is 377 Å². The second kappa shape index (κ2) is 26.8. The van der Waals surface area contributed by atoms with E-state index < -0.39 is 0 Å². The molecule has 0 unspecified atom stereocenters. The molecule has 22 aromatic carbocycles. The Labute approximate surface area is 808 Å². The average Bonchev–Trinajstić information content (AvgIpc) is 1.50. The van der Waals surface area contributed by atoms with Crippen molar-refractivity contribution in [1.82, 2.24) is 0 Å². The Morgan fingerprint density at radius 1 is 0.159 bits per heavy atom. The van der Waals surface area contributed by atoms with E-state index in [9.17, 15) is 0 Å². The van der Waals surface area contributed by atoms with E-state index in [-0.39, 0.29) is 10.8 Å². The molecular weight excluding hydrogens is 1770 g/mol. The first kappa shape index (κ1) is 75.7. The molecule has 8 aromatic heterocycles. The predicted molar refractivity (Wildman–Crippen MR) is 595 cm³/mol. The fourth-order valence-electron chi connectivity index (χ4n) is 26.0. The van der Waals surface area contributed by atoms with Gasteiger partial charge in [-0.15, -0.1) is 56.7 Å². The minimum atomic E-state index is -0.0971. The van der Waals surface area contributed by atoms with Crippen LogP contribution in [0, 0.1) is 0 Å². The Balaban J connectivity index is 0.0000000825. The van der Waals surface area contributed by atoms with E-state index in [2.05, 4.69) is 392 Å². The van der Waals surface area contributed by atoms with Gasteiger partial charge in [0.1, 0.15) is 33.5 Å². The maximum atomic E-state index is 6.45. The van der Waals surface area contributed by atoms with Crippen molar-refractivity contribution in [2.24, 2.45) is 0 Å². The van der Waals surface area contributed by atoms with E-state index in [1.165, 1.54) is 310 Å². The Kier molecular flexibility index (Phi) is 14.7. The molecule has 0 aliphatic heterocycles. The summed E-state index contributed by atoms with van der Waals surface area (Å²) in [6, 6.07) is 135. The van der Waals surface area contributed by atoms with Gasteiger partial charge in [0.2, 0.25) is 0 Å². The molecule has 0 atom stereocenters. The van der Waals surface area contributed by atoms with Gasteiger partial charge in [0.05, 0.1) is 0 Å². The van der Waals surface area contributed by atoms with Crippen molar-refractivity contribution in [2.45, 2.75) is 38.5 Å². The highest BCUT2D eigenvalue weighted by molar-refractivity contribution is 7.28. The molecule has 0 fully saturated rings. The number of furan rings is 3. The first-order chi connectivity index (χ1) is 67.9. The van der Waals surface area contributed by atoms with Crippen molar-refractivity contribution in [1.29, 1.82) is 0 Å². The predicted octanol–water partition coefficient (Wildman–Crippen LogP) is 40.1. The first-order valence-corrected chi connectivity index (χ1v) is 51.7. The van der Waals surface area contributed by atoms with Gasteiger partial charge in [0, 0.05) is 166 Å². The number of fused-ring (bicyclic) bond motifs is 10. The average molecular weight is 1840 g/mol. The summed E-state index contributed by atoms with van der Waals surface area (Å²) in [5, 5.41) is 32.1. The molecule has 6 aliphatic rings. The molecule has 36 rings (SSSR count). The third kappa shape index (κ3) is 9.80. The Hall–Kier alpha value is -15.6. The highest BCUT2D eigenvalue weighted by Crippen LogP contribution is 2.65. The minimum Gasteiger partial charge on any atom is -0.456 e. The Bertz CT molecular complexity index is 10900. The Morgan fingerprint density at radius 3 is 1.12 bits per heavy atom. The van der Waals surface area contributed by atoms with Crippen LogP contribution in [0.5, 0.6) is 0 Å². The molecule has 138 heavy (non-hydrogen) atoms. The molecule has 0 N–H and O–H groups in total. The number of hydrogen-bond acceptors (Lipinski definition) is 8. The van der Waals surface area contributed by atoms with Crippen LogP contribution in [-0.2, 0) is 10.8 Å². The van der Waals surface area contributed by atoms with Crippen molar-refractivity contribution in [3.05, 3.63) is 386 Å². The lowest BCUT2D eigenvalue weighted by molar-refractivity contribution is 0.661. The van der Waals surface area contributed by atoms with Crippen LogP contribution in [0.2, 0.25) is 0 Å². The molecule has 8 heterocycles. The summed E-state index contributed by atoms with van der Waals surface area (Å²) in [5.41, 5.74) is 37.8. The quantitative estimate of drug-likeness (QED) is 0.176. The summed E-state index contributed by atoms with van der Waals surface area (Å²) in [5.74, 6) is 0. The van der Waals surface area contributed by atoms with Gasteiger partial charge in [0.15, 0.2) is 0 Å². The molecule has 6 aliphatic carbocycles. The van der Waals surface area contributed by atoms with Gasteiger partial charge in [-0.05, 0) is 289 Å². The Morgan fingerprint density at radius 2 is 0.543 bits per heavy atom. The van der Waals surface area contributed by atoms with E-state index in [1.807, 2.05) is 56.7 Å². The summed E-state index contributed by atoms with van der Waals surface area (Å²) in [6.45, 7) is 9.54. The molecule has 30 aromatic rings. The first-order valence-electron chi connectivity index (χ1n) is 47.6. The topological polar surface area (TPSA) is 39.4 Å². The summed E-state index contributed by atoms with van der Waals surface area (Å²) in [4.78, 5) is 0. The molecule has 640 valence electrons. The number of benzene rings is 22. The van der Waals surface area contributed by atoms with Crippen LogP contribution in [0.3, 0.4) is 0 Å². The van der Waals surface area contributed by atoms with E-state index in [0.717, 1.165) is 33.5 Å². The lowest BCUT2D eigenvalue weighted by Crippen LogP contribution is -2.15. The molecule has 3 nitrogen and oxygen atoms in total. The van der Waals surface area contributed by atoms with Crippen molar-refractivity contribution in [3.63, 3.8) is 0 Å². The van der Waals surface area contributed by atoms with Gasteiger partial charge < -0.3 is 13.3 Å². The lowest BCUT2D eigenvalue weighted by Gasteiger charge is -2.23. The van der Waals surface area contributed by atoms with Gasteiger partial charge in [-0.3, -0.25) is 0 Å². The van der Waals surface area contributed by atoms with E-state index >= 15 is 0 Å². The lowest BCUT2D eigenvalue weighted by atomic mass is 9.80. The second-order valence-corrected chi connectivity index (χ2v) is 45.0. The smallest absolute Gasteiger partial charge is 0.136 e. The van der Waals surface area contributed by atoms with Crippen LogP contribution in [-0.4, -0.2) is 0 Å². The second-order valence-electron chi connectivity index (χ2n) is 39.5. The van der Waals surface area contributed by atoms with Gasteiger partial charge in [-0.2, -0.15) is 0 Å². The monoisotopic (exact) mass is 1840 g/mol. The highest BCUT2D eigenvalue weighted by atomic mass is 32.1. The summed E-state index contributed by atoms with van der Waals surface area (Å²) in [7, 11) is 0. The molecule has 0 saturated carbocycles. The fourth-order valence-corrected chi connectivity index (χ4v) is 31.6. The normalized spacial score (nSPS) is 13.8. The van der Waals surface area contributed by atoms with Gasteiger partial charge >= 0.3 is 0 Å². The molecule has 0 radical (unpaired) electrons. The zero-order valence-corrected chi connectivity index (χ0v) is 79.0. The van der Waals surface area contributed by atoms with Crippen molar-refractivity contribution < 1.29 is 13.3 Å². The molecule has 8 heteroatoms. The van der Waals surface area contributed by atoms with Crippen LogP contribution in [0.4, 0.5) is 0 Å². The minimum absolute atomic E-state index is 0.0598. The standard InChI is InChI=1S/C37H22OS.C34H16OS2.C31H20O.C28H14S2/c1-37(2)26-13-10-19-11-14-29-36-32(19)35(26)33-25(23-7-5-8-28(38-29)34(23)36)17-21(18-27(33)37)20-12-15-31-24(16-20)22-6-3-4-9-30(22)39-31;1-2-7-25-20(4-1)22-16-18(10-13-26(22)36-25)19-11-15-28-34-30(19)21-5-3-6-23-31(21)32-24(35-23)12-8-17-9-14-27(37-28)33(34)29(17)32;1-31(2)22-13-11-18-12-14-25-30-26(18)29(22)27-21(20-9-6-10-24(32-25)28(20)30)15-19(16-23(27)31)17-7-4-3-5-8-17;1-2-6-15(7-3-1)19-14-23-28-25-17(9-5-11-21(25)30-23)16-8-4-10-20-24(16)27-22(29-20)13-12-18(19)26(27)28/h3-18H,1-2H3;1-16H;3-16H,1-2H3;1-14H. The molecule has 0 spiro atoms. The van der Waals surface area contributed by atoms with E-state index in [0.29, 0.717) is 0 Å². The van der Waals surface area contributed by atoms with Crippen LogP contribution in [0.25, 0.3) is 321 Å². The van der Waals surface area contributed by atoms with Crippen LogP contribution in [0.1, 0.15) is 49.9 Å². The number of thiophene rings is 5. The van der Waals surface area contributed by atoms with Gasteiger partial charge in [0.25, 0.3) is 0 Å². The van der Waals surface area contributed by atoms with Crippen molar-refractivity contribution in [2.75, 3.05) is 0 Å². The summed E-state index contributed by atoms with van der Waals surface area (Å²) >= 11 is 9.51. The van der Waals surface area contributed by atoms with Crippen LogP contribution < -0.4 is 0 Å². The van der Waals surface area contributed by atoms with Gasteiger partial charge in [-0.25, -0.2) is 0 Å². The SMILES string of the molecule is CC1(C)c2cc(-c3ccc4sc5ccccc5c4c3)cc3c2-c2c1ccc1ccc4oc5cccc-3c5c4c21.CC1(C)c2cc(-c3ccccc3)cc3c2-c2c1ccc1ccc4oc5cccc-3c5c4c21.c1cc2c3c(c1)oc1ccc4ccc5sc6ccc(-c7ccc8sc9ccccc9c8c7)c-2c6c5c4c13.c1ccc(-c2cc3sc4cccc5c4c3c3c2ccc2sc4cccc-5c4c23)cc1. The number of hydrogen-bond donors (Lipinski definition) is 0. The molecule has 0 saturated heterocycles. The van der Waals surface area contributed by atoms with Crippen molar-refractivity contribution in [3.8, 4) is 111 Å². The summed E-state index contributed by atoms with van der Waals surface area (Å²) < 4.78 is 32.9. The summed E-state index contributed by atoms with van der Waals surface area (Å²) in [6.07, 6.45) is 0.